The molecular weight excluding hydrogens is 381 g/mol. The maximum Gasteiger partial charge on any atom is 0.217 e. The van der Waals surface area contributed by atoms with Crippen molar-refractivity contribution < 1.29 is 0 Å². The molecule has 0 nitrogen and oxygen atoms in total. The lowest BCUT2D eigenvalue weighted by atomic mass is 9.91. The summed E-state index contributed by atoms with van der Waals surface area (Å²) in [5, 5.41) is 0.794. The van der Waals surface area contributed by atoms with Crippen LogP contribution in [0.5, 0.6) is 0 Å². The first kappa shape index (κ1) is 16.5. The highest BCUT2D eigenvalue weighted by Crippen LogP contribution is 2.56. The molecule has 2 aromatic carbocycles. The molecule has 0 saturated heterocycles. The van der Waals surface area contributed by atoms with Crippen LogP contribution in [0.2, 0.25) is 10.0 Å². The number of hydrogen-bond donors (Lipinski definition) is 0. The summed E-state index contributed by atoms with van der Waals surface area (Å²) < 4.78 is -1.84. The lowest BCUT2D eigenvalue weighted by Crippen LogP contribution is -2.36. The Hall–Kier alpha value is 0.180. The largest absolute Gasteiger partial charge is 0.217 e. The van der Waals surface area contributed by atoms with E-state index in [-0.39, 0.29) is 0 Å². The summed E-state index contributed by atoms with van der Waals surface area (Å²) in [6, 6.07) is 13.9. The molecule has 0 fully saturated rings. The van der Waals surface area contributed by atoms with Crippen LogP contribution in [0.4, 0.5) is 0 Å². The summed E-state index contributed by atoms with van der Waals surface area (Å²) in [4.78, 5) is -1.49. The number of hydrogen-bond acceptors (Lipinski definition) is 0. The topological polar surface area (TPSA) is 0 Å². The molecule has 0 N–H and O–H groups in total. The molecule has 0 saturated carbocycles. The molecule has 0 atom stereocenters. The molecule has 20 heavy (non-hydrogen) atoms. The van der Waals surface area contributed by atoms with E-state index in [2.05, 4.69) is 0 Å². The second kappa shape index (κ2) is 6.12. The first-order valence-corrected chi connectivity index (χ1v) is 7.81. The van der Waals surface area contributed by atoms with E-state index in [1.807, 2.05) is 0 Å². The molecule has 0 radical (unpaired) electrons. The van der Waals surface area contributed by atoms with Gasteiger partial charge in [0.2, 0.25) is 3.79 Å². The average Bonchev–Trinajstić information content (AvgIpc) is 2.37. The van der Waals surface area contributed by atoms with Gasteiger partial charge >= 0.3 is 0 Å². The van der Waals surface area contributed by atoms with E-state index in [4.69, 9.17) is 69.6 Å². The van der Waals surface area contributed by atoms with Gasteiger partial charge in [-0.05, 0) is 12.1 Å². The SMILES string of the molecule is Clc1ccccc1C(Cl)(c1ccccc1Cl)C(Cl)(Cl)Cl. The zero-order valence-electron chi connectivity index (χ0n) is 9.89. The summed E-state index contributed by atoms with van der Waals surface area (Å²) in [5.74, 6) is 0. The monoisotopic (exact) mass is 386 g/mol. The Morgan fingerprint density at radius 3 is 1.25 bits per heavy atom. The lowest BCUT2D eigenvalue weighted by Gasteiger charge is -2.36. The van der Waals surface area contributed by atoms with Gasteiger partial charge in [-0.2, -0.15) is 0 Å². The fourth-order valence-electron chi connectivity index (χ4n) is 1.93. The highest BCUT2D eigenvalue weighted by molar-refractivity contribution is 6.71. The molecule has 6 heteroatoms. The standard InChI is InChI=1S/C14H8Cl6/c15-11-7-3-1-5-9(11)13(17,14(18,19)20)10-6-2-4-8-12(10)16/h1-8H. The van der Waals surface area contributed by atoms with Crippen LogP contribution in [0.25, 0.3) is 0 Å². The minimum atomic E-state index is -1.84. The Balaban J connectivity index is 2.78. The highest BCUT2D eigenvalue weighted by atomic mass is 35.6. The Morgan fingerprint density at radius 1 is 0.600 bits per heavy atom. The van der Waals surface area contributed by atoms with Crippen molar-refractivity contribution in [2.75, 3.05) is 0 Å². The molecule has 0 bridgehead atoms. The van der Waals surface area contributed by atoms with E-state index < -0.39 is 8.67 Å². The van der Waals surface area contributed by atoms with Gasteiger partial charge in [-0.1, -0.05) is 94.4 Å². The fourth-order valence-corrected chi connectivity index (χ4v) is 3.52. The molecule has 0 heterocycles. The molecule has 0 aliphatic heterocycles. The first-order chi connectivity index (χ1) is 9.28. The van der Waals surface area contributed by atoms with Crippen molar-refractivity contribution in [3.8, 4) is 0 Å². The van der Waals surface area contributed by atoms with Crippen LogP contribution in [-0.2, 0) is 4.87 Å². The van der Waals surface area contributed by atoms with Crippen molar-refractivity contribution in [2.24, 2.45) is 0 Å². The van der Waals surface area contributed by atoms with Crippen LogP contribution in [0.15, 0.2) is 48.5 Å². The minimum Gasteiger partial charge on any atom is -0.104 e. The predicted molar refractivity (Wildman–Crippen MR) is 89.8 cm³/mol. The number of alkyl halides is 4. The predicted octanol–water partition coefficient (Wildman–Crippen LogP) is 6.85. The molecule has 2 aromatic rings. The molecule has 0 aliphatic rings. The summed E-state index contributed by atoms with van der Waals surface area (Å²) in [6.45, 7) is 0. The summed E-state index contributed by atoms with van der Waals surface area (Å²) in [5.41, 5.74) is 0.966. The van der Waals surface area contributed by atoms with Crippen molar-refractivity contribution >= 4 is 69.6 Å². The van der Waals surface area contributed by atoms with Crippen LogP contribution in [0.1, 0.15) is 11.1 Å². The summed E-state index contributed by atoms with van der Waals surface area (Å²) >= 11 is 37.5. The quantitative estimate of drug-likeness (QED) is 0.493. The average molecular weight is 389 g/mol. The van der Waals surface area contributed by atoms with Gasteiger partial charge in [0, 0.05) is 21.2 Å². The normalized spacial score (nSPS) is 12.5. The van der Waals surface area contributed by atoms with Crippen LogP contribution in [0, 0.1) is 0 Å². The Morgan fingerprint density at radius 2 is 0.950 bits per heavy atom. The first-order valence-electron chi connectivity index (χ1n) is 5.54. The van der Waals surface area contributed by atoms with Gasteiger partial charge in [-0.15, -0.1) is 11.6 Å². The van der Waals surface area contributed by atoms with E-state index in [0.717, 1.165) is 0 Å². The maximum absolute atomic E-state index is 6.71. The van der Waals surface area contributed by atoms with E-state index >= 15 is 0 Å². The summed E-state index contributed by atoms with van der Waals surface area (Å²) in [6.07, 6.45) is 0. The maximum atomic E-state index is 6.71. The van der Waals surface area contributed by atoms with E-state index in [1.165, 1.54) is 0 Å². The van der Waals surface area contributed by atoms with Crippen LogP contribution in [0.3, 0.4) is 0 Å². The zero-order valence-corrected chi connectivity index (χ0v) is 14.4. The third kappa shape index (κ3) is 2.88. The Kier molecular flexibility index (Phi) is 5.07. The molecule has 0 unspecified atom stereocenters. The van der Waals surface area contributed by atoms with Crippen LogP contribution < -0.4 is 0 Å². The van der Waals surface area contributed by atoms with Gasteiger partial charge in [0.1, 0.15) is 4.87 Å². The molecule has 106 valence electrons. The van der Waals surface area contributed by atoms with Gasteiger partial charge < -0.3 is 0 Å². The van der Waals surface area contributed by atoms with Crippen molar-refractivity contribution in [2.45, 2.75) is 8.67 Å². The van der Waals surface area contributed by atoms with Crippen LogP contribution in [-0.4, -0.2) is 3.79 Å². The van der Waals surface area contributed by atoms with Gasteiger partial charge in [-0.3, -0.25) is 0 Å². The second-order valence-corrected chi connectivity index (χ2v) is 7.78. The molecule has 0 spiro atoms. The number of halogens is 6. The van der Waals surface area contributed by atoms with Crippen molar-refractivity contribution in [3.05, 3.63) is 69.7 Å². The molecule has 0 amide bonds. The Bertz CT molecular complexity index is 572. The third-order valence-electron chi connectivity index (χ3n) is 2.88. The van der Waals surface area contributed by atoms with E-state index in [9.17, 15) is 0 Å². The van der Waals surface area contributed by atoms with Gasteiger partial charge in [0.05, 0.1) is 0 Å². The van der Waals surface area contributed by atoms with E-state index in [0.29, 0.717) is 21.2 Å². The minimum absolute atomic E-state index is 0.397. The molecule has 2 rings (SSSR count). The highest BCUT2D eigenvalue weighted by Gasteiger charge is 2.51. The third-order valence-corrected chi connectivity index (χ3v) is 5.37. The van der Waals surface area contributed by atoms with Crippen molar-refractivity contribution in [3.63, 3.8) is 0 Å². The second-order valence-electron chi connectivity index (χ2n) is 4.12. The zero-order chi connectivity index (χ0) is 15.0. The number of rotatable bonds is 2. The molecule has 0 aliphatic carbocycles. The molecule has 0 aromatic heterocycles. The van der Waals surface area contributed by atoms with Crippen LogP contribution >= 0.6 is 69.6 Å². The van der Waals surface area contributed by atoms with E-state index in [1.54, 1.807) is 48.5 Å². The summed E-state index contributed by atoms with van der Waals surface area (Å²) in [7, 11) is 0. The smallest absolute Gasteiger partial charge is 0.104 e. The van der Waals surface area contributed by atoms with Gasteiger partial charge in [0.25, 0.3) is 0 Å². The van der Waals surface area contributed by atoms with Crippen molar-refractivity contribution in [1.82, 2.24) is 0 Å². The fraction of sp³-hybridized carbons (Fsp3) is 0.143. The Labute approximate surface area is 147 Å². The van der Waals surface area contributed by atoms with Crippen molar-refractivity contribution in [1.29, 1.82) is 0 Å². The van der Waals surface area contributed by atoms with Gasteiger partial charge in [-0.25, -0.2) is 0 Å². The lowest BCUT2D eigenvalue weighted by molar-refractivity contribution is 0.748. The number of benzene rings is 2. The van der Waals surface area contributed by atoms with Gasteiger partial charge in [0.15, 0.2) is 0 Å². The molecular formula is C14H8Cl6.